The van der Waals surface area contributed by atoms with E-state index in [-0.39, 0.29) is 11.5 Å². The molecule has 3 heteroatoms. The van der Waals surface area contributed by atoms with Crippen molar-refractivity contribution in [1.82, 2.24) is 0 Å². The molecule has 1 aliphatic heterocycles. The number of benzene rings is 1. The maximum atomic E-state index is 6.70. The molecule has 0 saturated carbocycles. The summed E-state index contributed by atoms with van der Waals surface area (Å²) in [7, 11) is 1.74. The summed E-state index contributed by atoms with van der Waals surface area (Å²) in [5, 5.41) is 0.569. The van der Waals surface area contributed by atoms with Gasteiger partial charge in [-0.1, -0.05) is 25.8 Å². The van der Waals surface area contributed by atoms with Gasteiger partial charge in [0, 0.05) is 16.7 Å². The molecule has 0 amide bonds. The van der Waals surface area contributed by atoms with Crippen LogP contribution in [0.3, 0.4) is 0 Å². The summed E-state index contributed by atoms with van der Waals surface area (Å²) in [4.78, 5) is 0. The smallest absolute Gasteiger partial charge is 0.119 e. The summed E-state index contributed by atoms with van der Waals surface area (Å²) in [6, 6.07) is 6.83. The molecule has 110 valence electrons. The van der Waals surface area contributed by atoms with Gasteiger partial charge in [-0.05, 0) is 48.3 Å². The maximum Gasteiger partial charge on any atom is 0.119 e. The Morgan fingerprint density at radius 2 is 2.15 bits per heavy atom. The highest BCUT2D eigenvalue weighted by Gasteiger charge is 2.43. The van der Waals surface area contributed by atoms with Gasteiger partial charge < -0.3 is 10.5 Å². The van der Waals surface area contributed by atoms with Gasteiger partial charge >= 0.3 is 0 Å². The van der Waals surface area contributed by atoms with Crippen LogP contribution in [0.25, 0.3) is 0 Å². The SMILES string of the molecule is COc1ccc2c(c1)C1(C)CCCCCSC(C2)C1N. The topological polar surface area (TPSA) is 35.2 Å². The van der Waals surface area contributed by atoms with Gasteiger partial charge in [0.05, 0.1) is 7.11 Å². The molecule has 1 heterocycles. The van der Waals surface area contributed by atoms with Crippen molar-refractivity contribution in [3.05, 3.63) is 29.3 Å². The fraction of sp³-hybridized carbons (Fsp3) is 0.647. The molecular formula is C17H25NOS. The van der Waals surface area contributed by atoms with Crippen LogP contribution in [0, 0.1) is 0 Å². The second kappa shape index (κ2) is 5.61. The lowest BCUT2D eigenvalue weighted by Crippen LogP contribution is -2.53. The number of methoxy groups -OCH3 is 1. The summed E-state index contributed by atoms with van der Waals surface area (Å²) in [5.41, 5.74) is 9.72. The molecular weight excluding hydrogens is 266 g/mol. The molecule has 2 nitrogen and oxygen atoms in total. The molecule has 3 rings (SSSR count). The van der Waals surface area contributed by atoms with Gasteiger partial charge in [0.1, 0.15) is 5.75 Å². The summed E-state index contributed by atoms with van der Waals surface area (Å²) in [5.74, 6) is 2.23. The number of hydrogen-bond donors (Lipinski definition) is 1. The molecule has 3 atom stereocenters. The Labute approximate surface area is 126 Å². The van der Waals surface area contributed by atoms with Gasteiger partial charge in [-0.15, -0.1) is 0 Å². The van der Waals surface area contributed by atoms with Gasteiger partial charge in [-0.2, -0.15) is 11.8 Å². The van der Waals surface area contributed by atoms with Crippen LogP contribution < -0.4 is 10.5 Å². The first-order chi connectivity index (χ1) is 9.65. The Bertz CT molecular complexity index is 490. The van der Waals surface area contributed by atoms with Crippen LogP contribution in [0.5, 0.6) is 5.75 Å². The monoisotopic (exact) mass is 291 g/mol. The number of ether oxygens (including phenoxy) is 1. The lowest BCUT2D eigenvalue weighted by atomic mass is 9.65. The molecule has 2 aliphatic rings. The van der Waals surface area contributed by atoms with Crippen molar-refractivity contribution in [1.29, 1.82) is 0 Å². The normalized spacial score (nSPS) is 33.5. The Balaban J connectivity index is 2.07. The maximum absolute atomic E-state index is 6.70. The summed E-state index contributed by atoms with van der Waals surface area (Å²) in [6.07, 6.45) is 6.27. The number of nitrogens with two attached hydrogens (primary N) is 1. The summed E-state index contributed by atoms with van der Waals surface area (Å²) < 4.78 is 5.43. The van der Waals surface area contributed by atoms with Gasteiger partial charge in [-0.25, -0.2) is 0 Å². The van der Waals surface area contributed by atoms with Gasteiger partial charge in [-0.3, -0.25) is 0 Å². The van der Waals surface area contributed by atoms with Crippen LogP contribution in [-0.4, -0.2) is 24.2 Å². The Morgan fingerprint density at radius 1 is 1.30 bits per heavy atom. The highest BCUT2D eigenvalue weighted by Crippen LogP contribution is 2.45. The molecule has 1 aromatic carbocycles. The molecule has 0 spiro atoms. The first-order valence-corrected chi connectivity index (χ1v) is 8.74. The van der Waals surface area contributed by atoms with Crippen LogP contribution >= 0.6 is 11.8 Å². The number of hydrogen-bond acceptors (Lipinski definition) is 3. The lowest BCUT2D eigenvalue weighted by molar-refractivity contribution is 0.309. The average Bonchev–Trinajstić information content (AvgIpc) is 2.51. The highest BCUT2D eigenvalue weighted by atomic mass is 32.2. The third-order valence-corrected chi connectivity index (χ3v) is 6.57. The van der Waals surface area contributed by atoms with Crippen molar-refractivity contribution in [2.75, 3.05) is 12.9 Å². The van der Waals surface area contributed by atoms with Crippen molar-refractivity contribution in [3.63, 3.8) is 0 Å². The predicted octanol–water partition coefficient (Wildman–Crippen LogP) is 3.51. The molecule has 1 aromatic rings. The van der Waals surface area contributed by atoms with Crippen LogP contribution in [0.2, 0.25) is 0 Å². The van der Waals surface area contributed by atoms with Crippen LogP contribution in [-0.2, 0) is 11.8 Å². The fourth-order valence-corrected chi connectivity index (χ4v) is 5.27. The minimum Gasteiger partial charge on any atom is -0.497 e. The Hall–Kier alpha value is -0.670. The third-order valence-electron chi connectivity index (χ3n) is 5.16. The van der Waals surface area contributed by atoms with E-state index in [1.807, 2.05) is 0 Å². The van der Waals surface area contributed by atoms with Crippen molar-refractivity contribution in [2.45, 2.75) is 55.7 Å². The van der Waals surface area contributed by atoms with Crippen LogP contribution in [0.1, 0.15) is 43.7 Å². The van der Waals surface area contributed by atoms with Crippen LogP contribution in [0.4, 0.5) is 0 Å². The minimum atomic E-state index is 0.101. The van der Waals surface area contributed by atoms with Crippen molar-refractivity contribution in [2.24, 2.45) is 5.73 Å². The van der Waals surface area contributed by atoms with E-state index in [9.17, 15) is 0 Å². The molecule has 0 aromatic heterocycles. The number of fused-ring (bicyclic) bond motifs is 4. The zero-order valence-electron chi connectivity index (χ0n) is 12.5. The summed E-state index contributed by atoms with van der Waals surface area (Å²) in [6.45, 7) is 2.37. The van der Waals surface area contributed by atoms with E-state index >= 15 is 0 Å². The number of rotatable bonds is 1. The summed E-state index contributed by atoms with van der Waals surface area (Å²) >= 11 is 2.09. The first-order valence-electron chi connectivity index (χ1n) is 7.70. The van der Waals surface area contributed by atoms with Crippen molar-refractivity contribution < 1.29 is 4.74 Å². The van der Waals surface area contributed by atoms with Crippen molar-refractivity contribution >= 4 is 11.8 Å². The molecule has 3 unspecified atom stereocenters. The first kappa shape index (κ1) is 14.3. The van der Waals surface area contributed by atoms with E-state index in [2.05, 4.69) is 36.9 Å². The molecule has 1 aliphatic carbocycles. The van der Waals surface area contributed by atoms with Gasteiger partial charge in [0.15, 0.2) is 0 Å². The molecule has 0 radical (unpaired) electrons. The molecule has 2 N–H and O–H groups in total. The Kier molecular flexibility index (Phi) is 4.00. The average molecular weight is 291 g/mol. The van der Waals surface area contributed by atoms with E-state index in [0.717, 1.165) is 12.2 Å². The Morgan fingerprint density at radius 3 is 2.95 bits per heavy atom. The second-order valence-corrected chi connectivity index (χ2v) is 7.74. The van der Waals surface area contributed by atoms with E-state index in [1.165, 1.54) is 42.6 Å². The second-order valence-electron chi connectivity index (χ2n) is 6.39. The minimum absolute atomic E-state index is 0.101. The van der Waals surface area contributed by atoms with E-state index in [0.29, 0.717) is 5.25 Å². The third kappa shape index (κ3) is 2.35. The van der Waals surface area contributed by atoms with Crippen LogP contribution in [0.15, 0.2) is 18.2 Å². The molecule has 2 bridgehead atoms. The van der Waals surface area contributed by atoms with E-state index in [4.69, 9.17) is 10.5 Å². The largest absolute Gasteiger partial charge is 0.497 e. The molecule has 1 fully saturated rings. The fourth-order valence-electron chi connectivity index (χ4n) is 3.80. The quantitative estimate of drug-likeness (QED) is 0.860. The molecule has 20 heavy (non-hydrogen) atoms. The molecule has 1 saturated heterocycles. The van der Waals surface area contributed by atoms with E-state index in [1.54, 1.807) is 7.11 Å². The zero-order valence-corrected chi connectivity index (χ0v) is 13.3. The lowest BCUT2D eigenvalue weighted by Gasteiger charge is -2.45. The standard InChI is InChI=1S/C17H25NOS/c1-17-8-4-3-5-9-20-15(16(17)18)10-12-6-7-13(19-2)11-14(12)17/h6-7,11,15-16H,3-5,8-10,18H2,1-2H3. The van der Waals surface area contributed by atoms with E-state index < -0.39 is 0 Å². The highest BCUT2D eigenvalue weighted by molar-refractivity contribution is 7.99. The van der Waals surface area contributed by atoms with Gasteiger partial charge in [0.2, 0.25) is 0 Å². The predicted molar refractivity (Wildman–Crippen MR) is 86.7 cm³/mol. The zero-order chi connectivity index (χ0) is 14.2. The number of thioether (sulfide) groups is 1. The van der Waals surface area contributed by atoms with Gasteiger partial charge in [0.25, 0.3) is 0 Å². The van der Waals surface area contributed by atoms with Crippen molar-refractivity contribution in [3.8, 4) is 5.75 Å².